The molecule has 4 aromatic rings. The number of halogens is 3. The van der Waals surface area contributed by atoms with Crippen LogP contribution in [0.2, 0.25) is 0 Å². The van der Waals surface area contributed by atoms with Crippen LogP contribution in [0.4, 0.5) is 18.4 Å². The third kappa shape index (κ3) is 9.71. The second-order valence-corrected chi connectivity index (χ2v) is 12.9. The Kier molecular flexibility index (Phi) is 12.2. The van der Waals surface area contributed by atoms with Crippen molar-refractivity contribution in [1.82, 2.24) is 34.4 Å². The van der Waals surface area contributed by atoms with Crippen LogP contribution in [0.15, 0.2) is 36.9 Å². The van der Waals surface area contributed by atoms with E-state index < -0.39 is 35.8 Å². The topological polar surface area (TPSA) is 136 Å². The quantitative estimate of drug-likeness (QED) is 0.182. The number of methoxy groups -OCH3 is 2. The van der Waals surface area contributed by atoms with Crippen LogP contribution < -0.4 is 9.47 Å². The van der Waals surface area contributed by atoms with Crippen molar-refractivity contribution >= 4 is 28.1 Å². The van der Waals surface area contributed by atoms with E-state index in [1.807, 2.05) is 0 Å². The second-order valence-electron chi connectivity index (χ2n) is 12.3. The van der Waals surface area contributed by atoms with Gasteiger partial charge in [0, 0.05) is 16.5 Å². The van der Waals surface area contributed by atoms with Crippen molar-refractivity contribution < 1.29 is 37.3 Å². The van der Waals surface area contributed by atoms with Crippen molar-refractivity contribution in [2.45, 2.75) is 78.5 Å². The van der Waals surface area contributed by atoms with Crippen LogP contribution in [-0.2, 0) is 21.3 Å². The number of nitrogens with zero attached hydrogens (tertiary/aromatic N) is 7. The lowest BCUT2D eigenvalue weighted by Gasteiger charge is -2.29. The zero-order valence-electron chi connectivity index (χ0n) is 28.6. The summed E-state index contributed by atoms with van der Waals surface area (Å²) in [7, 11) is 2.76. The van der Waals surface area contributed by atoms with Gasteiger partial charge in [0.25, 0.3) is 0 Å². The molecule has 0 spiro atoms. The summed E-state index contributed by atoms with van der Waals surface area (Å²) in [4.78, 5) is 34.4. The minimum atomic E-state index is -0.968. The molecule has 4 rings (SSSR count). The molecule has 0 N–H and O–H groups in total. The summed E-state index contributed by atoms with van der Waals surface area (Å²) in [6, 6.07) is 6.32. The fourth-order valence-electron chi connectivity index (χ4n) is 4.12. The van der Waals surface area contributed by atoms with Crippen molar-refractivity contribution in [2.75, 3.05) is 14.2 Å². The molecule has 0 unspecified atom stereocenters. The molecule has 13 nitrogen and oxygen atoms in total. The van der Waals surface area contributed by atoms with Crippen LogP contribution in [0.25, 0.3) is 11.4 Å². The van der Waals surface area contributed by atoms with Gasteiger partial charge < -0.3 is 18.9 Å². The first-order valence-corrected chi connectivity index (χ1v) is 15.8. The summed E-state index contributed by atoms with van der Waals surface area (Å²) in [6.07, 6.45) is 1.03. The molecule has 2 heterocycles. The highest BCUT2D eigenvalue weighted by atomic mass is 79.9. The first kappa shape index (κ1) is 37.9. The SMILES string of the molecule is COc1ccc(-n2cnc(C)n2)c(CBr)c1F.COc1ccc(-n2cnc(C)n2)c(CN(C(=O)OC(C)(C)C)C(=O)OC(C)(C)C)c1F. The van der Waals surface area contributed by atoms with Gasteiger partial charge in [0.2, 0.25) is 0 Å². The Bertz CT molecular complexity index is 1720. The highest BCUT2D eigenvalue weighted by molar-refractivity contribution is 9.08. The van der Waals surface area contributed by atoms with Gasteiger partial charge in [0.05, 0.1) is 32.1 Å². The largest absolute Gasteiger partial charge is 0.494 e. The minimum absolute atomic E-state index is 0.0130. The van der Waals surface area contributed by atoms with Crippen molar-refractivity contribution in [1.29, 1.82) is 0 Å². The minimum Gasteiger partial charge on any atom is -0.494 e. The number of amides is 2. The van der Waals surface area contributed by atoms with Gasteiger partial charge in [0.15, 0.2) is 23.1 Å². The molecule has 48 heavy (non-hydrogen) atoms. The van der Waals surface area contributed by atoms with Crippen LogP contribution in [0, 0.1) is 25.5 Å². The molecule has 2 aromatic heterocycles. The second kappa shape index (κ2) is 15.5. The van der Waals surface area contributed by atoms with Crippen LogP contribution in [0.1, 0.15) is 64.3 Å². The van der Waals surface area contributed by atoms with Gasteiger partial charge in [-0.05, 0) is 79.7 Å². The number of carbonyl (C=O) groups is 2. The van der Waals surface area contributed by atoms with Crippen molar-refractivity contribution in [2.24, 2.45) is 0 Å². The lowest BCUT2D eigenvalue weighted by molar-refractivity contribution is -0.000425. The van der Waals surface area contributed by atoms with E-state index in [0.29, 0.717) is 33.1 Å². The Balaban J connectivity index is 0.000000308. The van der Waals surface area contributed by atoms with E-state index in [-0.39, 0.29) is 28.6 Å². The number of alkyl halides is 1. The highest BCUT2D eigenvalue weighted by Crippen LogP contribution is 2.29. The molecule has 0 saturated heterocycles. The van der Waals surface area contributed by atoms with Crippen molar-refractivity contribution in [3.8, 4) is 22.9 Å². The maximum Gasteiger partial charge on any atom is 0.420 e. The fraction of sp³-hybridized carbons (Fsp3) is 0.438. The number of hydrogen-bond donors (Lipinski definition) is 0. The first-order chi connectivity index (χ1) is 22.4. The zero-order valence-corrected chi connectivity index (χ0v) is 30.2. The van der Waals surface area contributed by atoms with E-state index in [4.69, 9.17) is 18.9 Å². The first-order valence-electron chi connectivity index (χ1n) is 14.7. The molecule has 2 aromatic carbocycles. The van der Waals surface area contributed by atoms with Crippen molar-refractivity contribution in [3.63, 3.8) is 0 Å². The molecular weight excluding hydrogens is 696 g/mol. The molecule has 0 fully saturated rings. The van der Waals surface area contributed by atoms with Gasteiger partial charge >= 0.3 is 12.2 Å². The standard InChI is InChI=1S/C21H29FN4O5.C11H11BrFN3O/c1-13-23-12-26(24-13)15-9-10-16(29-8)17(22)14(15)11-25(18(27)30-20(2,3)4)19(28)31-21(5,6)7;1-7-14-6-16(15-7)9-3-4-10(17-2)11(13)8(9)5-12/h9-10,12H,11H2,1-8H3;3-4,6H,5H2,1-2H3. The number of imide groups is 1. The Morgan fingerprint density at radius 1 is 0.750 bits per heavy atom. The summed E-state index contributed by atoms with van der Waals surface area (Å²) in [5.74, 6) is 0.157. The molecule has 16 heteroatoms. The van der Waals surface area contributed by atoms with Gasteiger partial charge in [-0.2, -0.15) is 10.2 Å². The van der Waals surface area contributed by atoms with Gasteiger partial charge in [-0.1, -0.05) is 15.9 Å². The molecule has 2 amide bonds. The lowest BCUT2D eigenvalue weighted by Crippen LogP contribution is -2.43. The van der Waals surface area contributed by atoms with E-state index in [1.165, 1.54) is 31.3 Å². The average Bonchev–Trinajstić information content (AvgIpc) is 3.62. The van der Waals surface area contributed by atoms with E-state index in [9.17, 15) is 14.0 Å². The molecule has 0 aliphatic carbocycles. The number of benzene rings is 2. The number of ether oxygens (including phenoxy) is 4. The molecular formula is C32H40BrF2N7O6. The molecule has 0 radical (unpaired) electrons. The number of hydrogen-bond acceptors (Lipinski definition) is 10. The molecule has 0 saturated carbocycles. The Morgan fingerprint density at radius 3 is 1.48 bits per heavy atom. The lowest BCUT2D eigenvalue weighted by atomic mass is 10.1. The predicted octanol–water partition coefficient (Wildman–Crippen LogP) is 7.01. The highest BCUT2D eigenvalue weighted by Gasteiger charge is 2.33. The summed E-state index contributed by atoms with van der Waals surface area (Å²) < 4.78 is 52.9. The average molecular weight is 737 g/mol. The summed E-state index contributed by atoms with van der Waals surface area (Å²) in [5.41, 5.74) is -0.335. The fourth-order valence-corrected chi connectivity index (χ4v) is 4.65. The third-order valence-corrected chi connectivity index (χ3v) is 6.75. The summed E-state index contributed by atoms with van der Waals surface area (Å²) in [5, 5.41) is 8.74. The third-order valence-electron chi connectivity index (χ3n) is 6.19. The smallest absolute Gasteiger partial charge is 0.420 e. The van der Waals surface area contributed by atoms with Gasteiger partial charge in [-0.25, -0.2) is 42.6 Å². The Hall–Kier alpha value is -4.60. The van der Waals surface area contributed by atoms with Crippen LogP contribution >= 0.6 is 15.9 Å². The zero-order chi connectivity index (χ0) is 36.0. The maximum atomic E-state index is 15.3. The van der Waals surface area contributed by atoms with E-state index >= 15 is 4.39 Å². The predicted molar refractivity (Wildman–Crippen MR) is 176 cm³/mol. The maximum absolute atomic E-state index is 15.3. The van der Waals surface area contributed by atoms with E-state index in [2.05, 4.69) is 36.1 Å². The molecule has 0 bridgehead atoms. The van der Waals surface area contributed by atoms with Gasteiger partial charge in [-0.3, -0.25) is 0 Å². The molecule has 260 valence electrons. The Morgan fingerprint density at radius 2 is 1.15 bits per heavy atom. The van der Waals surface area contributed by atoms with E-state index in [0.717, 1.165) is 0 Å². The monoisotopic (exact) mass is 735 g/mol. The number of aromatic nitrogens is 6. The Labute approximate surface area is 286 Å². The number of rotatable bonds is 7. The van der Waals surface area contributed by atoms with Gasteiger partial charge in [-0.15, -0.1) is 0 Å². The van der Waals surface area contributed by atoms with Crippen LogP contribution in [0.5, 0.6) is 11.5 Å². The molecule has 0 aliphatic heterocycles. The number of aryl methyl sites for hydroxylation is 2. The van der Waals surface area contributed by atoms with Crippen LogP contribution in [-0.4, -0.2) is 72.0 Å². The van der Waals surface area contributed by atoms with Crippen molar-refractivity contribution in [3.05, 3.63) is 71.3 Å². The van der Waals surface area contributed by atoms with Crippen LogP contribution in [0.3, 0.4) is 0 Å². The summed E-state index contributed by atoms with van der Waals surface area (Å²) in [6.45, 7) is 13.0. The molecule has 0 aliphatic rings. The van der Waals surface area contributed by atoms with Gasteiger partial charge in [0.1, 0.15) is 35.5 Å². The number of carbonyl (C=O) groups excluding carboxylic acids is 2. The summed E-state index contributed by atoms with van der Waals surface area (Å²) >= 11 is 3.27. The molecule has 0 atom stereocenters. The normalized spacial score (nSPS) is 11.4. The van der Waals surface area contributed by atoms with E-state index in [1.54, 1.807) is 84.6 Å².